The molecule has 2 rings (SSSR count). The minimum Gasteiger partial charge on any atom is -0.348 e. The molecule has 0 aliphatic heterocycles. The Morgan fingerprint density at radius 3 is 2.65 bits per heavy atom. The lowest BCUT2D eigenvalue weighted by atomic mass is 10.2. The van der Waals surface area contributed by atoms with Crippen molar-refractivity contribution < 1.29 is 4.79 Å². The lowest BCUT2D eigenvalue weighted by Gasteiger charge is -2.16. The van der Waals surface area contributed by atoms with Gasteiger partial charge in [0, 0.05) is 16.4 Å². The van der Waals surface area contributed by atoms with Gasteiger partial charge in [-0.05, 0) is 31.0 Å². The monoisotopic (exact) mass is 335 g/mol. The highest BCUT2D eigenvalue weighted by Crippen LogP contribution is 2.26. The first-order valence-corrected chi connectivity index (χ1v) is 7.15. The van der Waals surface area contributed by atoms with Crippen molar-refractivity contribution in [2.75, 3.05) is 0 Å². The molecule has 0 heterocycles. The SMILES string of the molecule is O=C(NC1CCCC1Br)c1ccc(Cl)c(Cl)c1. The molecule has 1 aromatic rings. The molecule has 92 valence electrons. The van der Waals surface area contributed by atoms with Crippen LogP contribution in [0.1, 0.15) is 29.6 Å². The van der Waals surface area contributed by atoms with Gasteiger partial charge < -0.3 is 5.32 Å². The van der Waals surface area contributed by atoms with Crippen LogP contribution in [-0.4, -0.2) is 16.8 Å². The number of amides is 1. The Kier molecular flexibility index (Phi) is 4.34. The van der Waals surface area contributed by atoms with Crippen LogP contribution in [0.15, 0.2) is 18.2 Å². The zero-order chi connectivity index (χ0) is 12.4. The molecule has 5 heteroatoms. The fourth-order valence-corrected chi connectivity index (χ4v) is 2.98. The summed E-state index contributed by atoms with van der Waals surface area (Å²) in [5.74, 6) is -0.0973. The maximum Gasteiger partial charge on any atom is 0.251 e. The topological polar surface area (TPSA) is 29.1 Å². The normalized spacial score (nSPS) is 23.7. The van der Waals surface area contributed by atoms with Crippen LogP contribution in [0.25, 0.3) is 0 Å². The second kappa shape index (κ2) is 5.59. The number of hydrogen-bond acceptors (Lipinski definition) is 1. The molecule has 2 nitrogen and oxygen atoms in total. The Balaban J connectivity index is 2.06. The van der Waals surface area contributed by atoms with Gasteiger partial charge in [-0.15, -0.1) is 0 Å². The van der Waals surface area contributed by atoms with E-state index in [1.165, 1.54) is 0 Å². The average molecular weight is 337 g/mol. The third-order valence-electron chi connectivity index (χ3n) is 2.93. The van der Waals surface area contributed by atoms with E-state index in [2.05, 4.69) is 21.2 Å². The van der Waals surface area contributed by atoms with Gasteiger partial charge in [0.2, 0.25) is 0 Å². The lowest BCUT2D eigenvalue weighted by Crippen LogP contribution is -2.37. The highest BCUT2D eigenvalue weighted by atomic mass is 79.9. The van der Waals surface area contributed by atoms with E-state index in [1.807, 2.05) is 0 Å². The molecule has 1 fully saturated rings. The third kappa shape index (κ3) is 3.15. The number of rotatable bonds is 2. The van der Waals surface area contributed by atoms with Gasteiger partial charge in [0.15, 0.2) is 0 Å². The van der Waals surface area contributed by atoms with Gasteiger partial charge in [0.05, 0.1) is 10.0 Å². The second-order valence-electron chi connectivity index (χ2n) is 4.16. The van der Waals surface area contributed by atoms with E-state index >= 15 is 0 Å². The van der Waals surface area contributed by atoms with E-state index < -0.39 is 0 Å². The predicted octanol–water partition coefficient (Wildman–Crippen LogP) is 4.04. The van der Waals surface area contributed by atoms with Crippen LogP contribution in [0.3, 0.4) is 0 Å². The summed E-state index contributed by atoms with van der Waals surface area (Å²) in [6.07, 6.45) is 3.26. The van der Waals surface area contributed by atoms with Crippen molar-refractivity contribution in [2.45, 2.75) is 30.1 Å². The molecule has 1 aliphatic rings. The van der Waals surface area contributed by atoms with Gasteiger partial charge in [-0.2, -0.15) is 0 Å². The molecule has 1 aliphatic carbocycles. The number of carbonyl (C=O) groups excluding carboxylic acids is 1. The van der Waals surface area contributed by atoms with Gasteiger partial charge >= 0.3 is 0 Å². The van der Waals surface area contributed by atoms with Gasteiger partial charge in [-0.3, -0.25) is 4.79 Å². The average Bonchev–Trinajstić information content (AvgIpc) is 2.68. The first-order chi connectivity index (χ1) is 8.08. The molecular weight excluding hydrogens is 325 g/mol. The Morgan fingerprint density at radius 1 is 1.29 bits per heavy atom. The van der Waals surface area contributed by atoms with E-state index in [9.17, 15) is 4.79 Å². The molecule has 0 saturated heterocycles. The van der Waals surface area contributed by atoms with Crippen LogP contribution in [0, 0.1) is 0 Å². The smallest absolute Gasteiger partial charge is 0.251 e. The molecule has 2 atom stereocenters. The van der Waals surface area contributed by atoms with E-state index in [0.717, 1.165) is 19.3 Å². The molecule has 1 aromatic carbocycles. The van der Waals surface area contributed by atoms with Crippen LogP contribution < -0.4 is 5.32 Å². The molecule has 0 aromatic heterocycles. The fourth-order valence-electron chi connectivity index (χ4n) is 1.97. The highest BCUT2D eigenvalue weighted by molar-refractivity contribution is 9.09. The molecule has 17 heavy (non-hydrogen) atoms. The highest BCUT2D eigenvalue weighted by Gasteiger charge is 2.26. The predicted molar refractivity (Wildman–Crippen MR) is 74.3 cm³/mol. The van der Waals surface area contributed by atoms with Gasteiger partial charge in [0.1, 0.15) is 0 Å². The molecule has 1 saturated carbocycles. The number of benzene rings is 1. The minimum atomic E-state index is -0.0973. The largest absolute Gasteiger partial charge is 0.348 e. The van der Waals surface area contributed by atoms with E-state index in [-0.39, 0.29) is 11.9 Å². The van der Waals surface area contributed by atoms with Crippen LogP contribution >= 0.6 is 39.1 Å². The maximum atomic E-state index is 12.0. The summed E-state index contributed by atoms with van der Waals surface area (Å²) < 4.78 is 0. The van der Waals surface area contributed by atoms with E-state index in [1.54, 1.807) is 18.2 Å². The number of alkyl halides is 1. The third-order valence-corrected chi connectivity index (χ3v) is 4.76. The first-order valence-electron chi connectivity index (χ1n) is 5.48. The van der Waals surface area contributed by atoms with Crippen molar-refractivity contribution in [1.29, 1.82) is 0 Å². The lowest BCUT2D eigenvalue weighted by molar-refractivity contribution is 0.0939. The fraction of sp³-hybridized carbons (Fsp3) is 0.417. The molecular formula is C12H12BrCl2NO. The Labute approximate surface area is 119 Å². The van der Waals surface area contributed by atoms with E-state index in [0.29, 0.717) is 20.4 Å². The number of hydrogen-bond donors (Lipinski definition) is 1. The summed E-state index contributed by atoms with van der Waals surface area (Å²) in [6.45, 7) is 0. The molecule has 0 spiro atoms. The summed E-state index contributed by atoms with van der Waals surface area (Å²) in [7, 11) is 0. The quantitative estimate of drug-likeness (QED) is 0.811. The van der Waals surface area contributed by atoms with E-state index in [4.69, 9.17) is 23.2 Å². The second-order valence-corrected chi connectivity index (χ2v) is 6.15. The number of carbonyl (C=O) groups is 1. The number of nitrogens with one attached hydrogen (secondary N) is 1. The summed E-state index contributed by atoms with van der Waals surface area (Å²) in [5.41, 5.74) is 0.547. The molecule has 1 N–H and O–H groups in total. The summed E-state index contributed by atoms with van der Waals surface area (Å²) in [6, 6.07) is 5.12. The Morgan fingerprint density at radius 2 is 2.06 bits per heavy atom. The molecule has 2 unspecified atom stereocenters. The molecule has 0 bridgehead atoms. The van der Waals surface area contributed by atoms with Crippen molar-refractivity contribution in [1.82, 2.24) is 5.32 Å². The standard InChI is InChI=1S/C12H12BrCl2NO/c13-8-2-1-3-11(8)16-12(17)7-4-5-9(14)10(15)6-7/h4-6,8,11H,1-3H2,(H,16,17). The first kappa shape index (κ1) is 13.2. The van der Waals surface area contributed by atoms with Crippen LogP contribution in [0.2, 0.25) is 10.0 Å². The Hall–Kier alpha value is -0.250. The van der Waals surface area contributed by atoms with Crippen molar-refractivity contribution in [2.24, 2.45) is 0 Å². The van der Waals surface area contributed by atoms with Crippen LogP contribution in [0.5, 0.6) is 0 Å². The molecule has 1 amide bonds. The van der Waals surface area contributed by atoms with Gasteiger partial charge in [-0.25, -0.2) is 0 Å². The van der Waals surface area contributed by atoms with Gasteiger partial charge in [-0.1, -0.05) is 45.6 Å². The number of halogens is 3. The summed E-state index contributed by atoms with van der Waals surface area (Å²) in [4.78, 5) is 12.3. The van der Waals surface area contributed by atoms with Gasteiger partial charge in [0.25, 0.3) is 5.91 Å². The van der Waals surface area contributed by atoms with Crippen molar-refractivity contribution in [3.8, 4) is 0 Å². The maximum absolute atomic E-state index is 12.0. The summed E-state index contributed by atoms with van der Waals surface area (Å²) in [5, 5.41) is 3.87. The van der Waals surface area contributed by atoms with Crippen molar-refractivity contribution in [3.63, 3.8) is 0 Å². The zero-order valence-electron chi connectivity index (χ0n) is 9.05. The zero-order valence-corrected chi connectivity index (χ0v) is 12.1. The van der Waals surface area contributed by atoms with Crippen LogP contribution in [-0.2, 0) is 0 Å². The van der Waals surface area contributed by atoms with Crippen molar-refractivity contribution >= 4 is 45.0 Å². The Bertz CT molecular complexity index is 439. The molecule has 0 radical (unpaired) electrons. The van der Waals surface area contributed by atoms with Crippen molar-refractivity contribution in [3.05, 3.63) is 33.8 Å². The minimum absolute atomic E-state index is 0.0973. The van der Waals surface area contributed by atoms with Crippen LogP contribution in [0.4, 0.5) is 0 Å². The summed E-state index contributed by atoms with van der Waals surface area (Å²) >= 11 is 15.3.